The Hall–Kier alpha value is -0.333. The van der Waals surface area contributed by atoms with Gasteiger partial charge in [0.05, 0.1) is 0 Å². The van der Waals surface area contributed by atoms with E-state index in [1.54, 1.807) is 0 Å². The molecule has 0 rings (SSSR count). The molecule has 0 saturated heterocycles. The van der Waals surface area contributed by atoms with E-state index in [1.165, 1.54) is 0 Å². The van der Waals surface area contributed by atoms with Crippen LogP contribution in [0.3, 0.4) is 0 Å². The van der Waals surface area contributed by atoms with Crippen molar-refractivity contribution in [1.82, 2.24) is 0 Å². The molecule has 0 aliphatic rings. The van der Waals surface area contributed by atoms with E-state index >= 15 is 0 Å². The summed E-state index contributed by atoms with van der Waals surface area (Å²) in [6.07, 6.45) is -2.32. The van der Waals surface area contributed by atoms with Gasteiger partial charge in [0, 0.05) is 14.2 Å². The number of hydrogen-bond donors (Lipinski definition) is 0. The van der Waals surface area contributed by atoms with E-state index in [1.807, 2.05) is 0 Å². The van der Waals surface area contributed by atoms with Crippen LogP contribution >= 0.6 is 0 Å². The average Bonchev–Trinajstić information content (AvgIpc) is 2.08. The Labute approximate surface area is 76.6 Å². The zero-order valence-electron chi connectivity index (χ0n) is 7.81. The van der Waals surface area contributed by atoms with Crippen LogP contribution in [0, 0.1) is 0 Å². The Morgan fingerprint density at radius 2 is 1.77 bits per heavy atom. The highest BCUT2D eigenvalue weighted by Crippen LogP contribution is 2.33. The van der Waals surface area contributed by atoms with Gasteiger partial charge in [0.2, 0.25) is 0 Å². The summed E-state index contributed by atoms with van der Waals surface area (Å²) in [5.41, 5.74) is -2.75. The molecule has 0 amide bonds. The summed E-state index contributed by atoms with van der Waals surface area (Å²) in [6.45, 7) is 3.96. The Balaban J connectivity index is 5.02. The molecule has 0 aromatic carbocycles. The highest BCUT2D eigenvalue weighted by molar-refractivity contribution is 6.75. The molecule has 1 atom stereocenters. The fraction of sp³-hybridized carbons (Fsp3) is 0.714. The zero-order chi connectivity index (χ0) is 10.7. The molecule has 0 fully saturated rings. The van der Waals surface area contributed by atoms with Crippen molar-refractivity contribution in [3.05, 3.63) is 12.3 Å². The normalized spacial score (nSPS) is 15.5. The van der Waals surface area contributed by atoms with Gasteiger partial charge in [-0.15, -0.1) is 6.58 Å². The van der Waals surface area contributed by atoms with Crippen LogP contribution in [0.5, 0.6) is 0 Å². The first kappa shape index (κ1) is 12.7. The Morgan fingerprint density at radius 3 is 1.85 bits per heavy atom. The maximum absolute atomic E-state index is 13.2. The van der Waals surface area contributed by atoms with Gasteiger partial charge in [-0.25, -0.2) is 13.2 Å². The fourth-order valence-electron chi connectivity index (χ4n) is 0.935. The topological polar surface area (TPSA) is 18.5 Å². The van der Waals surface area contributed by atoms with Crippen molar-refractivity contribution in [2.45, 2.75) is 18.6 Å². The van der Waals surface area contributed by atoms with Crippen molar-refractivity contribution in [2.24, 2.45) is 0 Å². The van der Waals surface area contributed by atoms with Gasteiger partial charge in [-0.3, -0.25) is 0 Å². The van der Waals surface area contributed by atoms with Gasteiger partial charge in [-0.05, 0) is 12.6 Å². The van der Waals surface area contributed by atoms with Crippen molar-refractivity contribution in [3.8, 4) is 0 Å². The molecular weight excluding hydrogens is 201 g/mol. The lowest BCUT2D eigenvalue weighted by Crippen LogP contribution is -2.59. The highest BCUT2D eigenvalue weighted by Gasteiger charge is 2.62. The second-order valence-corrected chi connectivity index (χ2v) is 5.75. The third-order valence-electron chi connectivity index (χ3n) is 1.84. The molecule has 13 heavy (non-hydrogen) atoms. The molecule has 0 aliphatic carbocycles. The van der Waals surface area contributed by atoms with Crippen molar-refractivity contribution in [2.75, 3.05) is 14.2 Å². The van der Waals surface area contributed by atoms with E-state index in [-0.39, 0.29) is 0 Å². The minimum absolute atomic E-state index is 0.767. The van der Waals surface area contributed by atoms with E-state index in [0.717, 1.165) is 26.8 Å². The molecule has 0 bridgehead atoms. The lowest BCUT2D eigenvalue weighted by molar-refractivity contribution is -0.0342. The quantitative estimate of drug-likeness (QED) is 0.651. The van der Waals surface area contributed by atoms with Crippen LogP contribution in [0.4, 0.5) is 13.2 Å². The third kappa shape index (κ3) is 1.95. The van der Waals surface area contributed by atoms with Gasteiger partial charge in [0.15, 0.2) is 6.17 Å². The van der Waals surface area contributed by atoms with Gasteiger partial charge in [-0.2, -0.15) is 0 Å². The minimum atomic E-state index is -3.95. The van der Waals surface area contributed by atoms with Gasteiger partial charge >= 0.3 is 14.1 Å². The number of halogens is 3. The maximum Gasteiger partial charge on any atom is 0.442 e. The maximum atomic E-state index is 13.2. The molecule has 0 aliphatic heterocycles. The van der Waals surface area contributed by atoms with Crippen LogP contribution in [-0.2, 0) is 8.85 Å². The van der Waals surface area contributed by atoms with Gasteiger partial charge in [0.25, 0.3) is 0 Å². The first-order valence-corrected chi connectivity index (χ1v) is 5.53. The average molecular weight is 214 g/mol. The highest BCUT2D eigenvalue weighted by atomic mass is 28.4. The molecule has 0 heterocycles. The molecule has 0 radical (unpaired) electrons. The summed E-state index contributed by atoms with van der Waals surface area (Å²) >= 11 is 0. The van der Waals surface area contributed by atoms with Crippen LogP contribution in [-0.4, -0.2) is 34.5 Å². The second kappa shape index (κ2) is 4.25. The Kier molecular flexibility index (Phi) is 4.14. The van der Waals surface area contributed by atoms with E-state index in [0.29, 0.717) is 0 Å². The van der Waals surface area contributed by atoms with Crippen molar-refractivity contribution >= 4 is 8.56 Å². The first-order chi connectivity index (χ1) is 5.88. The largest absolute Gasteiger partial charge is 0.442 e. The molecule has 0 aromatic rings. The standard InChI is InChI=1S/C7H13F3O2Si/c1-5-13(11-3,12-4)7(9,10)6(2)8/h5-6H,1H2,2-4H3. The number of rotatable bonds is 5. The smallest absolute Gasteiger partial charge is 0.391 e. The number of hydrogen-bond acceptors (Lipinski definition) is 2. The molecular formula is C7H13F3O2Si. The van der Waals surface area contributed by atoms with Gasteiger partial charge in [-0.1, -0.05) is 0 Å². The van der Waals surface area contributed by atoms with Crippen LogP contribution < -0.4 is 0 Å². The van der Waals surface area contributed by atoms with Crippen LogP contribution in [0.1, 0.15) is 6.92 Å². The molecule has 0 spiro atoms. The molecule has 0 aromatic heterocycles. The first-order valence-electron chi connectivity index (χ1n) is 3.63. The predicted molar refractivity (Wildman–Crippen MR) is 45.5 cm³/mol. The summed E-state index contributed by atoms with van der Waals surface area (Å²) in [5, 5.41) is 0. The molecule has 2 nitrogen and oxygen atoms in total. The predicted octanol–water partition coefficient (Wildman–Crippen LogP) is 1.98. The lowest BCUT2D eigenvalue weighted by atomic mass is 10.5. The van der Waals surface area contributed by atoms with Crippen molar-refractivity contribution < 1.29 is 22.0 Å². The Bertz CT molecular complexity index is 181. The van der Waals surface area contributed by atoms with Crippen molar-refractivity contribution in [3.63, 3.8) is 0 Å². The Morgan fingerprint density at radius 1 is 1.38 bits per heavy atom. The molecule has 78 valence electrons. The molecule has 0 saturated carbocycles. The lowest BCUT2D eigenvalue weighted by Gasteiger charge is -2.32. The molecule has 1 unspecified atom stereocenters. The monoisotopic (exact) mass is 214 g/mol. The second-order valence-electron chi connectivity index (χ2n) is 2.52. The van der Waals surface area contributed by atoms with E-state index in [9.17, 15) is 13.2 Å². The summed E-state index contributed by atoms with van der Waals surface area (Å²) in [4.78, 5) is 0. The van der Waals surface area contributed by atoms with E-state index in [4.69, 9.17) is 0 Å². The van der Waals surface area contributed by atoms with E-state index < -0.39 is 20.3 Å². The fourth-order valence-corrected chi connectivity index (χ4v) is 2.81. The van der Waals surface area contributed by atoms with Crippen molar-refractivity contribution in [1.29, 1.82) is 0 Å². The minimum Gasteiger partial charge on any atom is -0.391 e. The molecule has 6 heteroatoms. The molecule has 0 N–H and O–H groups in total. The summed E-state index contributed by atoms with van der Waals surface area (Å²) in [7, 11) is -1.83. The SMILES string of the molecule is C=C[Si](OC)(OC)C(F)(F)C(C)F. The van der Waals surface area contributed by atoms with Gasteiger partial charge < -0.3 is 8.85 Å². The van der Waals surface area contributed by atoms with Crippen LogP contribution in [0.25, 0.3) is 0 Å². The van der Waals surface area contributed by atoms with Crippen LogP contribution in [0.2, 0.25) is 0 Å². The van der Waals surface area contributed by atoms with Crippen LogP contribution in [0.15, 0.2) is 12.3 Å². The summed E-state index contributed by atoms with van der Waals surface area (Å²) in [5.74, 6) is 0. The van der Waals surface area contributed by atoms with E-state index in [2.05, 4.69) is 15.4 Å². The summed E-state index contributed by atoms with van der Waals surface area (Å²) in [6, 6.07) is 0. The zero-order valence-corrected chi connectivity index (χ0v) is 8.81. The number of alkyl halides is 3. The van der Waals surface area contributed by atoms with Gasteiger partial charge in [0.1, 0.15) is 0 Å². The third-order valence-corrected chi connectivity index (χ3v) is 4.92. The summed E-state index contributed by atoms with van der Waals surface area (Å²) < 4.78 is 48.2.